The van der Waals surface area contributed by atoms with Crippen molar-refractivity contribution in [3.05, 3.63) is 24.3 Å². The van der Waals surface area contributed by atoms with E-state index in [-0.39, 0.29) is 23.6 Å². The molecule has 1 N–H and O–H groups in total. The van der Waals surface area contributed by atoms with Gasteiger partial charge in [0.05, 0.1) is 6.10 Å². The van der Waals surface area contributed by atoms with Gasteiger partial charge in [0.25, 0.3) is 0 Å². The number of nitrogens with one attached hydrogen (secondary N) is 1. The summed E-state index contributed by atoms with van der Waals surface area (Å²) in [4.78, 5) is 14.5. The van der Waals surface area contributed by atoms with Gasteiger partial charge in [-0.2, -0.15) is 0 Å². The van der Waals surface area contributed by atoms with Crippen molar-refractivity contribution in [3.8, 4) is 5.88 Å². The summed E-state index contributed by atoms with van der Waals surface area (Å²) in [6.45, 7) is 9.03. The summed E-state index contributed by atoms with van der Waals surface area (Å²) >= 11 is 0. The highest BCUT2D eigenvalue weighted by atomic mass is 16.5. The van der Waals surface area contributed by atoms with Crippen LogP contribution in [0.2, 0.25) is 0 Å². The molecule has 24 heavy (non-hydrogen) atoms. The molecule has 1 aromatic heterocycles. The zero-order valence-electron chi connectivity index (χ0n) is 14.8. The number of amides is 2. The molecule has 3 rings (SSSR count). The van der Waals surface area contributed by atoms with Crippen LogP contribution < -0.4 is 10.1 Å². The maximum Gasteiger partial charge on any atom is 0.323 e. The largest absolute Gasteiger partial charge is 0.474 e. The number of nitrogens with zero attached hydrogens (tertiary/aromatic N) is 3. The number of carbonyl (C=O) groups excluding carboxylic acids is 1. The molecule has 1 aromatic rings. The van der Waals surface area contributed by atoms with Crippen LogP contribution in [-0.4, -0.2) is 39.8 Å². The smallest absolute Gasteiger partial charge is 0.323 e. The van der Waals surface area contributed by atoms with Crippen LogP contribution in [0.1, 0.15) is 40.5 Å². The van der Waals surface area contributed by atoms with Crippen LogP contribution in [0.25, 0.3) is 0 Å². The summed E-state index contributed by atoms with van der Waals surface area (Å²) in [5.74, 6) is 1.34. The van der Waals surface area contributed by atoms with Gasteiger partial charge in [-0.25, -0.2) is 4.79 Å². The minimum Gasteiger partial charge on any atom is -0.474 e. The molecule has 1 aliphatic carbocycles. The van der Waals surface area contributed by atoms with Gasteiger partial charge in [0.2, 0.25) is 5.88 Å². The number of anilines is 1. The fraction of sp³-hybridized carbons (Fsp3) is 0.611. The molecule has 0 radical (unpaired) electrons. The Morgan fingerprint density at radius 3 is 2.50 bits per heavy atom. The highest BCUT2D eigenvalue weighted by Gasteiger charge is 2.55. The molecule has 1 aliphatic heterocycles. The number of urea groups is 1. The number of likely N-dealkylation sites (tertiary alicyclic amines) is 1. The minimum atomic E-state index is -0.0990. The Kier molecular flexibility index (Phi) is 4.47. The third kappa shape index (κ3) is 3.09. The summed E-state index contributed by atoms with van der Waals surface area (Å²) in [6, 6.07) is 3.61. The fourth-order valence-corrected chi connectivity index (χ4v) is 3.98. The zero-order valence-corrected chi connectivity index (χ0v) is 14.8. The van der Waals surface area contributed by atoms with Crippen LogP contribution in [0.3, 0.4) is 0 Å². The number of aromatic nitrogens is 2. The number of allylic oxidation sites excluding steroid dienone is 2. The van der Waals surface area contributed by atoms with Crippen LogP contribution >= 0.6 is 0 Å². The normalized spacial score (nSPS) is 21.4. The van der Waals surface area contributed by atoms with Crippen molar-refractivity contribution in [2.24, 2.45) is 11.3 Å². The molecule has 0 saturated carbocycles. The summed E-state index contributed by atoms with van der Waals surface area (Å²) < 4.78 is 5.46. The van der Waals surface area contributed by atoms with E-state index in [0.717, 1.165) is 19.4 Å². The van der Waals surface area contributed by atoms with Crippen LogP contribution in [0.15, 0.2) is 24.3 Å². The maximum absolute atomic E-state index is 12.6. The minimum absolute atomic E-state index is 0.0452. The second kappa shape index (κ2) is 6.42. The molecule has 2 amide bonds. The Labute approximate surface area is 143 Å². The molecule has 1 fully saturated rings. The standard InChI is InChI=1S/C18H26N4O2/c1-12(2)16-18(9-5-6-10-18)11-22(16)17(23)19-14-7-8-15(21-20-14)24-13(3)4/h5-8,12-13,16H,9-11H2,1-4H3,(H,19,20,23). The topological polar surface area (TPSA) is 67.3 Å². The SMILES string of the molecule is CC(C)Oc1ccc(NC(=O)N2CC3(CC=CC3)C2C(C)C)nn1. The van der Waals surface area contributed by atoms with Crippen molar-refractivity contribution in [1.29, 1.82) is 0 Å². The van der Waals surface area contributed by atoms with Gasteiger partial charge in [-0.3, -0.25) is 5.32 Å². The molecular weight excluding hydrogens is 304 g/mol. The Balaban J connectivity index is 1.63. The van der Waals surface area contributed by atoms with Crippen molar-refractivity contribution in [3.63, 3.8) is 0 Å². The number of rotatable bonds is 4. The third-order valence-electron chi connectivity index (χ3n) is 4.79. The first-order valence-corrected chi connectivity index (χ1v) is 8.64. The quantitative estimate of drug-likeness (QED) is 0.858. The van der Waals surface area contributed by atoms with E-state index in [1.807, 2.05) is 18.7 Å². The molecular formula is C18H26N4O2. The van der Waals surface area contributed by atoms with E-state index in [1.165, 1.54) is 0 Å². The molecule has 1 spiro atoms. The first-order valence-electron chi connectivity index (χ1n) is 8.64. The summed E-state index contributed by atoms with van der Waals surface area (Å²) in [7, 11) is 0. The third-order valence-corrected chi connectivity index (χ3v) is 4.79. The van der Waals surface area contributed by atoms with E-state index in [9.17, 15) is 4.79 Å². The average molecular weight is 330 g/mol. The Bertz CT molecular complexity index is 616. The Morgan fingerprint density at radius 1 is 1.25 bits per heavy atom. The highest BCUT2D eigenvalue weighted by Crippen LogP contribution is 2.50. The molecule has 2 heterocycles. The van der Waals surface area contributed by atoms with E-state index >= 15 is 0 Å². The second-order valence-corrected chi connectivity index (χ2v) is 7.41. The van der Waals surface area contributed by atoms with Crippen LogP contribution in [0, 0.1) is 11.3 Å². The summed E-state index contributed by atoms with van der Waals surface area (Å²) in [5.41, 5.74) is 0.242. The molecule has 2 aliphatic rings. The molecule has 1 unspecified atom stereocenters. The monoisotopic (exact) mass is 330 g/mol. The van der Waals surface area contributed by atoms with Crippen LogP contribution in [0.5, 0.6) is 5.88 Å². The van der Waals surface area contributed by atoms with Gasteiger partial charge >= 0.3 is 6.03 Å². The first kappa shape index (κ1) is 16.7. The van der Waals surface area contributed by atoms with Gasteiger partial charge in [0, 0.05) is 24.1 Å². The number of carbonyl (C=O) groups is 1. The van der Waals surface area contributed by atoms with Crippen molar-refractivity contribution in [2.45, 2.75) is 52.7 Å². The molecule has 0 aromatic carbocycles. The summed E-state index contributed by atoms with van der Waals surface area (Å²) in [5, 5.41) is 10.9. The van der Waals surface area contributed by atoms with Crippen LogP contribution in [-0.2, 0) is 0 Å². The molecule has 6 nitrogen and oxygen atoms in total. The van der Waals surface area contributed by atoms with E-state index in [1.54, 1.807) is 12.1 Å². The number of hydrogen-bond acceptors (Lipinski definition) is 4. The van der Waals surface area contributed by atoms with Crippen molar-refractivity contribution < 1.29 is 9.53 Å². The van der Waals surface area contributed by atoms with Gasteiger partial charge < -0.3 is 9.64 Å². The lowest BCUT2D eigenvalue weighted by Crippen LogP contribution is -2.68. The second-order valence-electron chi connectivity index (χ2n) is 7.41. The van der Waals surface area contributed by atoms with Crippen molar-refractivity contribution in [1.82, 2.24) is 15.1 Å². The van der Waals surface area contributed by atoms with Gasteiger partial charge in [0.1, 0.15) is 0 Å². The first-order chi connectivity index (χ1) is 11.4. The number of ether oxygens (including phenoxy) is 1. The van der Waals surface area contributed by atoms with Gasteiger partial charge in [-0.1, -0.05) is 26.0 Å². The lowest BCUT2D eigenvalue weighted by Gasteiger charge is -2.58. The highest BCUT2D eigenvalue weighted by molar-refractivity contribution is 5.89. The van der Waals surface area contributed by atoms with E-state index in [4.69, 9.17) is 4.74 Å². The summed E-state index contributed by atoms with van der Waals surface area (Å²) in [6.07, 6.45) is 6.66. The van der Waals surface area contributed by atoms with E-state index < -0.39 is 0 Å². The lowest BCUT2D eigenvalue weighted by atomic mass is 9.65. The molecule has 1 atom stereocenters. The Hall–Kier alpha value is -2.11. The van der Waals surface area contributed by atoms with E-state index in [2.05, 4.69) is 41.5 Å². The van der Waals surface area contributed by atoms with Crippen molar-refractivity contribution >= 4 is 11.8 Å². The molecule has 130 valence electrons. The lowest BCUT2D eigenvalue weighted by molar-refractivity contribution is -0.0538. The molecule has 1 saturated heterocycles. The van der Waals surface area contributed by atoms with Gasteiger partial charge in [-0.05, 0) is 38.7 Å². The van der Waals surface area contributed by atoms with Crippen LogP contribution in [0.4, 0.5) is 10.6 Å². The average Bonchev–Trinajstić information content (AvgIpc) is 2.97. The fourth-order valence-electron chi connectivity index (χ4n) is 3.98. The number of hydrogen-bond donors (Lipinski definition) is 1. The molecule has 6 heteroatoms. The Morgan fingerprint density at radius 2 is 1.96 bits per heavy atom. The predicted octanol–water partition coefficient (Wildman–Crippen LogP) is 3.47. The molecule has 0 bridgehead atoms. The van der Waals surface area contributed by atoms with Gasteiger partial charge in [0.15, 0.2) is 5.82 Å². The predicted molar refractivity (Wildman–Crippen MR) is 93.0 cm³/mol. The zero-order chi connectivity index (χ0) is 17.3. The maximum atomic E-state index is 12.6. The van der Waals surface area contributed by atoms with E-state index in [0.29, 0.717) is 17.6 Å². The van der Waals surface area contributed by atoms with Gasteiger partial charge in [-0.15, -0.1) is 10.2 Å². The van der Waals surface area contributed by atoms with Crippen molar-refractivity contribution in [2.75, 3.05) is 11.9 Å².